The van der Waals surface area contributed by atoms with Crippen molar-refractivity contribution in [3.63, 3.8) is 0 Å². The molecule has 24 heavy (non-hydrogen) atoms. The number of amides is 1. The molecule has 0 radical (unpaired) electrons. The molecular formula is C16H18F3NO4. The molecule has 0 spiro atoms. The molecule has 1 saturated heterocycles. The summed E-state index contributed by atoms with van der Waals surface area (Å²) in [5.74, 6) is -1.19. The molecule has 2 rings (SSSR count). The van der Waals surface area contributed by atoms with Crippen LogP contribution >= 0.6 is 0 Å². The molecule has 0 aromatic heterocycles. The fraction of sp³-hybridized carbons (Fsp3) is 0.500. The first-order chi connectivity index (χ1) is 11.3. The normalized spacial score (nSPS) is 15.9. The van der Waals surface area contributed by atoms with Crippen LogP contribution in [0.4, 0.5) is 13.2 Å². The number of carbonyl (C=O) groups excluding carboxylic acids is 2. The molecule has 1 amide bonds. The van der Waals surface area contributed by atoms with E-state index >= 15 is 0 Å². The molecule has 1 atom stereocenters. The van der Waals surface area contributed by atoms with E-state index in [0.717, 1.165) is 25.0 Å². The van der Waals surface area contributed by atoms with Crippen molar-refractivity contribution in [2.75, 3.05) is 19.7 Å². The second kappa shape index (κ2) is 7.55. The van der Waals surface area contributed by atoms with Gasteiger partial charge in [0.2, 0.25) is 0 Å². The summed E-state index contributed by atoms with van der Waals surface area (Å²) in [4.78, 5) is 25.3. The van der Waals surface area contributed by atoms with E-state index in [9.17, 15) is 22.8 Å². The van der Waals surface area contributed by atoms with Crippen LogP contribution in [0.3, 0.4) is 0 Å². The van der Waals surface area contributed by atoms with Crippen molar-refractivity contribution >= 4 is 11.9 Å². The number of rotatable bonds is 5. The minimum absolute atomic E-state index is 0.0969. The molecule has 0 unspecified atom stereocenters. The van der Waals surface area contributed by atoms with Crippen LogP contribution in [0.2, 0.25) is 0 Å². The molecule has 132 valence electrons. The maximum atomic E-state index is 12.6. The lowest BCUT2D eigenvalue weighted by molar-refractivity contribution is -0.160. The topological polar surface area (TPSA) is 55.8 Å². The van der Waals surface area contributed by atoms with Gasteiger partial charge in [0.15, 0.2) is 12.7 Å². The molecule has 0 aliphatic carbocycles. The third kappa shape index (κ3) is 4.87. The SMILES string of the molecule is C[C@H](OC(=O)COc1cccc(C(F)(F)F)c1)C(=O)N1CCCC1. The molecule has 1 aliphatic heterocycles. The maximum Gasteiger partial charge on any atom is 0.416 e. The van der Waals surface area contributed by atoms with Gasteiger partial charge in [0.1, 0.15) is 5.75 Å². The monoisotopic (exact) mass is 345 g/mol. The molecule has 0 N–H and O–H groups in total. The number of nitrogens with zero attached hydrogens (tertiary/aromatic N) is 1. The van der Waals surface area contributed by atoms with E-state index in [1.165, 1.54) is 19.1 Å². The van der Waals surface area contributed by atoms with Crippen LogP contribution in [0, 0.1) is 0 Å². The zero-order valence-corrected chi connectivity index (χ0v) is 13.1. The maximum absolute atomic E-state index is 12.6. The average Bonchev–Trinajstić information content (AvgIpc) is 3.06. The highest BCUT2D eigenvalue weighted by molar-refractivity contribution is 5.84. The number of alkyl halides is 3. The van der Waals surface area contributed by atoms with Crippen LogP contribution in [0.15, 0.2) is 24.3 Å². The highest BCUT2D eigenvalue weighted by Crippen LogP contribution is 2.31. The minimum Gasteiger partial charge on any atom is -0.482 e. The number of esters is 1. The van der Waals surface area contributed by atoms with Gasteiger partial charge in [-0.05, 0) is 38.0 Å². The van der Waals surface area contributed by atoms with Gasteiger partial charge in [0, 0.05) is 13.1 Å². The van der Waals surface area contributed by atoms with E-state index in [1.807, 2.05) is 0 Å². The van der Waals surface area contributed by atoms with Crippen molar-refractivity contribution in [1.29, 1.82) is 0 Å². The zero-order valence-electron chi connectivity index (χ0n) is 13.1. The first kappa shape index (κ1) is 18.1. The third-order valence-corrected chi connectivity index (χ3v) is 3.59. The highest BCUT2D eigenvalue weighted by atomic mass is 19.4. The molecule has 0 bridgehead atoms. The van der Waals surface area contributed by atoms with Gasteiger partial charge in [-0.25, -0.2) is 4.79 Å². The average molecular weight is 345 g/mol. The summed E-state index contributed by atoms with van der Waals surface area (Å²) >= 11 is 0. The number of carbonyl (C=O) groups is 2. The van der Waals surface area contributed by atoms with E-state index in [-0.39, 0.29) is 11.7 Å². The predicted molar refractivity (Wildman–Crippen MR) is 78.3 cm³/mol. The Morgan fingerprint density at radius 3 is 2.54 bits per heavy atom. The van der Waals surface area contributed by atoms with Crippen LogP contribution < -0.4 is 4.74 Å². The zero-order chi connectivity index (χ0) is 17.7. The van der Waals surface area contributed by atoms with Gasteiger partial charge in [0.25, 0.3) is 5.91 Å². The summed E-state index contributed by atoms with van der Waals surface area (Å²) in [6.07, 6.45) is -3.59. The van der Waals surface area contributed by atoms with Gasteiger partial charge in [-0.3, -0.25) is 4.79 Å². The van der Waals surface area contributed by atoms with Gasteiger partial charge in [-0.1, -0.05) is 6.07 Å². The van der Waals surface area contributed by atoms with Crippen LogP contribution in [-0.4, -0.2) is 42.6 Å². The summed E-state index contributed by atoms with van der Waals surface area (Å²) in [7, 11) is 0. The lowest BCUT2D eigenvalue weighted by Crippen LogP contribution is -2.38. The van der Waals surface area contributed by atoms with E-state index < -0.39 is 30.4 Å². The number of hydrogen-bond donors (Lipinski definition) is 0. The van der Waals surface area contributed by atoms with E-state index in [1.54, 1.807) is 4.90 Å². The summed E-state index contributed by atoms with van der Waals surface area (Å²) in [6.45, 7) is 2.17. The van der Waals surface area contributed by atoms with Crippen LogP contribution in [0.25, 0.3) is 0 Å². The second-order valence-electron chi connectivity index (χ2n) is 5.48. The molecule has 1 aromatic carbocycles. The fourth-order valence-corrected chi connectivity index (χ4v) is 2.38. The van der Waals surface area contributed by atoms with Crippen molar-refractivity contribution in [3.05, 3.63) is 29.8 Å². The van der Waals surface area contributed by atoms with Crippen molar-refractivity contribution in [2.24, 2.45) is 0 Å². The Morgan fingerprint density at radius 1 is 1.25 bits per heavy atom. The number of likely N-dealkylation sites (tertiary alicyclic amines) is 1. The molecule has 1 aliphatic rings. The largest absolute Gasteiger partial charge is 0.482 e. The van der Waals surface area contributed by atoms with Gasteiger partial charge in [0.05, 0.1) is 5.56 Å². The van der Waals surface area contributed by atoms with Gasteiger partial charge < -0.3 is 14.4 Å². The van der Waals surface area contributed by atoms with Crippen molar-refractivity contribution < 1.29 is 32.2 Å². The number of halogens is 3. The van der Waals surface area contributed by atoms with Crippen molar-refractivity contribution in [2.45, 2.75) is 32.0 Å². The number of ether oxygens (including phenoxy) is 2. The predicted octanol–water partition coefficient (Wildman–Crippen LogP) is 2.64. The summed E-state index contributed by atoms with van der Waals surface area (Å²) in [5.41, 5.74) is -0.869. The van der Waals surface area contributed by atoms with Crippen LogP contribution in [0.5, 0.6) is 5.75 Å². The Labute approximate surface area is 137 Å². The Kier molecular flexibility index (Phi) is 5.69. The smallest absolute Gasteiger partial charge is 0.416 e. The molecule has 0 saturated carbocycles. The molecule has 1 heterocycles. The highest BCUT2D eigenvalue weighted by Gasteiger charge is 2.31. The van der Waals surface area contributed by atoms with E-state index in [2.05, 4.69) is 0 Å². The van der Waals surface area contributed by atoms with Crippen LogP contribution in [0.1, 0.15) is 25.3 Å². The van der Waals surface area contributed by atoms with Gasteiger partial charge in [-0.15, -0.1) is 0 Å². The van der Waals surface area contributed by atoms with E-state index in [0.29, 0.717) is 13.1 Å². The Balaban J connectivity index is 1.83. The number of hydrogen-bond acceptors (Lipinski definition) is 4. The Hall–Kier alpha value is -2.25. The summed E-state index contributed by atoms with van der Waals surface area (Å²) in [5, 5.41) is 0. The summed E-state index contributed by atoms with van der Waals surface area (Å²) < 4.78 is 47.7. The molecule has 1 fully saturated rings. The first-order valence-corrected chi connectivity index (χ1v) is 7.55. The standard InChI is InChI=1S/C16H18F3NO4/c1-11(15(22)20-7-2-3-8-20)24-14(21)10-23-13-6-4-5-12(9-13)16(17,18)19/h4-6,9,11H,2-3,7-8,10H2,1H3/t11-/m0/s1. The quantitative estimate of drug-likeness (QED) is 0.770. The van der Waals surface area contributed by atoms with Crippen molar-refractivity contribution in [3.8, 4) is 5.75 Å². The lowest BCUT2D eigenvalue weighted by atomic mass is 10.2. The third-order valence-electron chi connectivity index (χ3n) is 3.59. The first-order valence-electron chi connectivity index (χ1n) is 7.55. The minimum atomic E-state index is -4.49. The second-order valence-corrected chi connectivity index (χ2v) is 5.48. The Morgan fingerprint density at radius 2 is 1.92 bits per heavy atom. The van der Waals surface area contributed by atoms with Crippen molar-refractivity contribution in [1.82, 2.24) is 4.90 Å². The Bertz CT molecular complexity index is 597. The molecule has 5 nitrogen and oxygen atoms in total. The van der Waals surface area contributed by atoms with E-state index in [4.69, 9.17) is 9.47 Å². The van der Waals surface area contributed by atoms with Crippen LogP contribution in [-0.2, 0) is 20.5 Å². The summed E-state index contributed by atoms with van der Waals surface area (Å²) in [6, 6.07) is 4.19. The number of benzene rings is 1. The lowest BCUT2D eigenvalue weighted by Gasteiger charge is -2.20. The van der Waals surface area contributed by atoms with Gasteiger partial charge in [-0.2, -0.15) is 13.2 Å². The molecular weight excluding hydrogens is 327 g/mol. The van der Waals surface area contributed by atoms with Gasteiger partial charge >= 0.3 is 12.1 Å². The fourth-order valence-electron chi connectivity index (χ4n) is 2.38. The molecule has 1 aromatic rings. The molecule has 8 heteroatoms.